The second-order valence-electron chi connectivity index (χ2n) is 6.63. The summed E-state index contributed by atoms with van der Waals surface area (Å²) in [5.74, 6) is 0.247. The Kier molecular flexibility index (Phi) is 6.59. The Morgan fingerprint density at radius 1 is 1.14 bits per heavy atom. The van der Waals surface area contributed by atoms with E-state index in [4.69, 9.17) is 0 Å². The molecule has 2 atom stereocenters. The van der Waals surface area contributed by atoms with Gasteiger partial charge in [-0.2, -0.15) is 0 Å². The SMILES string of the molecule is CC(CN(C)C)C(O)c1ccc(SC2CCCCC2)cc1. The minimum atomic E-state index is -0.374. The van der Waals surface area contributed by atoms with Gasteiger partial charge in [0, 0.05) is 16.7 Å². The number of aliphatic hydroxyl groups is 1. The Labute approximate surface area is 133 Å². The molecule has 0 aromatic heterocycles. The Bertz CT molecular complexity index is 412. The van der Waals surface area contributed by atoms with Crippen LogP contribution in [0.2, 0.25) is 0 Å². The molecule has 1 saturated carbocycles. The molecule has 0 bridgehead atoms. The van der Waals surface area contributed by atoms with Crippen molar-refractivity contribution in [3.05, 3.63) is 29.8 Å². The number of aliphatic hydroxyl groups excluding tert-OH is 1. The van der Waals surface area contributed by atoms with Crippen LogP contribution >= 0.6 is 11.8 Å². The third kappa shape index (κ3) is 5.32. The number of benzene rings is 1. The third-order valence-electron chi connectivity index (χ3n) is 4.27. The molecule has 21 heavy (non-hydrogen) atoms. The molecule has 0 amide bonds. The molecule has 1 aromatic rings. The summed E-state index contributed by atoms with van der Waals surface area (Å²) in [4.78, 5) is 3.47. The zero-order valence-corrected chi connectivity index (χ0v) is 14.4. The molecule has 1 fully saturated rings. The summed E-state index contributed by atoms with van der Waals surface area (Å²) in [7, 11) is 4.10. The minimum Gasteiger partial charge on any atom is -0.388 e. The monoisotopic (exact) mass is 307 g/mol. The first kappa shape index (κ1) is 16.9. The molecule has 118 valence electrons. The van der Waals surface area contributed by atoms with Crippen molar-refractivity contribution in [3.63, 3.8) is 0 Å². The van der Waals surface area contributed by atoms with E-state index in [-0.39, 0.29) is 12.0 Å². The number of rotatable bonds is 6. The second-order valence-corrected chi connectivity index (χ2v) is 8.01. The molecule has 1 aromatic carbocycles. The first-order valence-corrected chi connectivity index (χ1v) is 9.03. The van der Waals surface area contributed by atoms with Crippen molar-refractivity contribution in [1.29, 1.82) is 0 Å². The standard InChI is InChI=1S/C18H29NOS/c1-14(13-19(2)3)18(20)15-9-11-17(12-10-15)21-16-7-5-4-6-8-16/h9-12,14,16,18,20H,4-8,13H2,1-3H3. The molecule has 2 unspecified atom stereocenters. The highest BCUT2D eigenvalue weighted by Gasteiger charge is 2.18. The van der Waals surface area contributed by atoms with Crippen LogP contribution in [0.15, 0.2) is 29.2 Å². The quantitative estimate of drug-likeness (QED) is 0.845. The summed E-state index contributed by atoms with van der Waals surface area (Å²) in [5.41, 5.74) is 1.04. The molecule has 0 spiro atoms. The van der Waals surface area contributed by atoms with Crippen molar-refractivity contribution in [2.45, 2.75) is 55.3 Å². The van der Waals surface area contributed by atoms with E-state index in [2.05, 4.69) is 36.1 Å². The van der Waals surface area contributed by atoms with Gasteiger partial charge in [-0.3, -0.25) is 0 Å². The normalized spacial score (nSPS) is 19.7. The summed E-state index contributed by atoms with van der Waals surface area (Å²) >= 11 is 2.01. The van der Waals surface area contributed by atoms with Crippen molar-refractivity contribution in [2.24, 2.45) is 5.92 Å². The average Bonchev–Trinajstić information content (AvgIpc) is 2.47. The van der Waals surface area contributed by atoms with Crippen molar-refractivity contribution < 1.29 is 5.11 Å². The molecule has 3 heteroatoms. The lowest BCUT2D eigenvalue weighted by molar-refractivity contribution is 0.100. The van der Waals surface area contributed by atoms with Crippen molar-refractivity contribution in [3.8, 4) is 0 Å². The van der Waals surface area contributed by atoms with Gasteiger partial charge in [0.25, 0.3) is 0 Å². The van der Waals surface area contributed by atoms with Gasteiger partial charge in [0.2, 0.25) is 0 Å². The summed E-state index contributed by atoms with van der Waals surface area (Å²) in [6.07, 6.45) is 6.52. The number of thioether (sulfide) groups is 1. The molecule has 1 aliphatic rings. The van der Waals surface area contributed by atoms with Crippen LogP contribution in [0.4, 0.5) is 0 Å². The second kappa shape index (κ2) is 8.21. The number of nitrogens with zero attached hydrogens (tertiary/aromatic N) is 1. The van der Waals surface area contributed by atoms with Crippen LogP contribution in [0, 0.1) is 5.92 Å². The van der Waals surface area contributed by atoms with Gasteiger partial charge in [-0.05, 0) is 50.6 Å². The molecular weight excluding hydrogens is 278 g/mol. The van der Waals surface area contributed by atoms with Gasteiger partial charge in [-0.25, -0.2) is 0 Å². The zero-order chi connectivity index (χ0) is 15.2. The van der Waals surface area contributed by atoms with E-state index < -0.39 is 0 Å². The van der Waals surface area contributed by atoms with Gasteiger partial charge in [-0.1, -0.05) is 38.3 Å². The van der Waals surface area contributed by atoms with Crippen LogP contribution in [0.5, 0.6) is 0 Å². The van der Waals surface area contributed by atoms with Crippen LogP contribution in [0.1, 0.15) is 50.7 Å². The maximum atomic E-state index is 10.4. The van der Waals surface area contributed by atoms with Gasteiger partial charge in [-0.15, -0.1) is 11.8 Å². The molecule has 1 N–H and O–H groups in total. The fourth-order valence-corrected chi connectivity index (χ4v) is 4.37. The van der Waals surface area contributed by atoms with E-state index in [0.717, 1.165) is 17.4 Å². The highest BCUT2D eigenvalue weighted by Crippen LogP contribution is 2.34. The molecule has 0 heterocycles. The van der Waals surface area contributed by atoms with Crippen LogP contribution in [0.25, 0.3) is 0 Å². The topological polar surface area (TPSA) is 23.5 Å². The smallest absolute Gasteiger partial charge is 0.0827 e. The Morgan fingerprint density at radius 3 is 2.33 bits per heavy atom. The molecule has 2 rings (SSSR count). The van der Waals surface area contributed by atoms with Gasteiger partial charge in [0.15, 0.2) is 0 Å². The maximum Gasteiger partial charge on any atom is 0.0827 e. The van der Waals surface area contributed by atoms with Crippen molar-refractivity contribution in [2.75, 3.05) is 20.6 Å². The van der Waals surface area contributed by atoms with E-state index in [0.29, 0.717) is 0 Å². The van der Waals surface area contributed by atoms with Crippen LogP contribution in [-0.2, 0) is 0 Å². The highest BCUT2D eigenvalue weighted by molar-refractivity contribution is 8.00. The van der Waals surface area contributed by atoms with Crippen LogP contribution < -0.4 is 0 Å². The van der Waals surface area contributed by atoms with E-state index in [9.17, 15) is 5.11 Å². The molecule has 1 aliphatic carbocycles. The molecule has 0 aliphatic heterocycles. The molecule has 0 radical (unpaired) electrons. The third-order valence-corrected chi connectivity index (χ3v) is 5.62. The zero-order valence-electron chi connectivity index (χ0n) is 13.6. The predicted octanol–water partition coefficient (Wildman–Crippen LogP) is 4.34. The Morgan fingerprint density at radius 2 is 1.76 bits per heavy atom. The fraction of sp³-hybridized carbons (Fsp3) is 0.667. The van der Waals surface area contributed by atoms with Crippen molar-refractivity contribution >= 4 is 11.8 Å². The number of hydrogen-bond donors (Lipinski definition) is 1. The van der Waals surface area contributed by atoms with Gasteiger partial charge >= 0.3 is 0 Å². The average molecular weight is 308 g/mol. The number of hydrogen-bond acceptors (Lipinski definition) is 3. The molecular formula is C18H29NOS. The first-order chi connectivity index (χ1) is 10.1. The lowest BCUT2D eigenvalue weighted by Crippen LogP contribution is -2.24. The first-order valence-electron chi connectivity index (χ1n) is 8.15. The summed E-state index contributed by atoms with van der Waals surface area (Å²) in [6, 6.07) is 8.56. The van der Waals surface area contributed by atoms with E-state index in [1.165, 1.54) is 37.0 Å². The molecule has 2 nitrogen and oxygen atoms in total. The molecule has 0 saturated heterocycles. The maximum absolute atomic E-state index is 10.4. The highest BCUT2D eigenvalue weighted by atomic mass is 32.2. The van der Waals surface area contributed by atoms with E-state index in [1.54, 1.807) is 0 Å². The van der Waals surface area contributed by atoms with Gasteiger partial charge in [0.05, 0.1) is 6.10 Å². The summed E-state index contributed by atoms with van der Waals surface area (Å²) in [5, 5.41) is 11.2. The van der Waals surface area contributed by atoms with Gasteiger partial charge in [0.1, 0.15) is 0 Å². The lowest BCUT2D eigenvalue weighted by atomic mass is 9.97. The summed E-state index contributed by atoms with van der Waals surface area (Å²) in [6.45, 7) is 3.01. The van der Waals surface area contributed by atoms with Crippen LogP contribution in [0.3, 0.4) is 0 Å². The minimum absolute atomic E-state index is 0.247. The van der Waals surface area contributed by atoms with Crippen molar-refractivity contribution in [1.82, 2.24) is 4.90 Å². The fourth-order valence-electron chi connectivity index (χ4n) is 3.12. The Hall–Kier alpha value is -0.510. The largest absolute Gasteiger partial charge is 0.388 e. The predicted molar refractivity (Wildman–Crippen MR) is 91.8 cm³/mol. The van der Waals surface area contributed by atoms with E-state index >= 15 is 0 Å². The summed E-state index contributed by atoms with van der Waals surface area (Å²) < 4.78 is 0. The van der Waals surface area contributed by atoms with Gasteiger partial charge < -0.3 is 10.0 Å². The Balaban J connectivity index is 1.91. The lowest BCUT2D eigenvalue weighted by Gasteiger charge is -2.23. The van der Waals surface area contributed by atoms with Crippen LogP contribution in [-0.4, -0.2) is 35.9 Å². The van der Waals surface area contributed by atoms with E-state index in [1.807, 2.05) is 25.9 Å².